The van der Waals surface area contributed by atoms with Gasteiger partial charge in [0.2, 0.25) is 0 Å². The molecule has 0 spiro atoms. The number of halogens is 2. The number of carbonyl (C=O) groups is 2. The van der Waals surface area contributed by atoms with Gasteiger partial charge in [0.25, 0.3) is 5.91 Å². The van der Waals surface area contributed by atoms with Gasteiger partial charge in [-0.3, -0.25) is 4.79 Å². The normalized spacial score (nSPS) is 10.9. The van der Waals surface area contributed by atoms with Gasteiger partial charge < -0.3 is 15.2 Å². The number of aromatic carboxylic acids is 1. The van der Waals surface area contributed by atoms with Crippen LogP contribution in [0.1, 0.15) is 27.0 Å². The second kappa shape index (κ2) is 10.7. The lowest BCUT2D eigenvalue weighted by molar-refractivity contribution is -0.112. The Kier molecular flexibility index (Phi) is 7.73. The van der Waals surface area contributed by atoms with E-state index in [9.17, 15) is 14.9 Å². The number of nitriles is 1. The molecule has 3 rings (SSSR count). The second-order valence-corrected chi connectivity index (χ2v) is 7.88. The maximum atomic E-state index is 12.7. The summed E-state index contributed by atoms with van der Waals surface area (Å²) in [5.74, 6) is -1.37. The van der Waals surface area contributed by atoms with Gasteiger partial charge >= 0.3 is 5.97 Å². The summed E-state index contributed by atoms with van der Waals surface area (Å²) in [5, 5.41) is 21.8. The van der Waals surface area contributed by atoms with Crippen LogP contribution in [-0.4, -0.2) is 17.0 Å². The number of carbonyl (C=O) groups excluding carboxylic acids is 1. The second-order valence-electron chi connectivity index (χ2n) is 7.04. The number of carboxylic acids is 1. The molecule has 0 aliphatic carbocycles. The van der Waals surface area contributed by atoms with Crippen molar-refractivity contribution in [2.75, 3.05) is 5.32 Å². The third-order valence-corrected chi connectivity index (χ3v) is 5.18. The lowest BCUT2D eigenvalue weighted by Crippen LogP contribution is -2.14. The van der Waals surface area contributed by atoms with Gasteiger partial charge in [0.1, 0.15) is 24.0 Å². The van der Waals surface area contributed by atoms with E-state index >= 15 is 0 Å². The quantitative estimate of drug-likeness (QED) is 0.313. The molecule has 8 heteroatoms. The fourth-order valence-corrected chi connectivity index (χ4v) is 3.51. The maximum absolute atomic E-state index is 12.7. The minimum absolute atomic E-state index is 0.0827. The zero-order valence-electron chi connectivity index (χ0n) is 17.4. The summed E-state index contributed by atoms with van der Waals surface area (Å²) in [5.41, 5.74) is 2.50. The Bertz CT molecular complexity index is 1280. The highest BCUT2D eigenvalue weighted by molar-refractivity contribution is 6.36. The van der Waals surface area contributed by atoms with E-state index in [0.29, 0.717) is 21.8 Å². The van der Waals surface area contributed by atoms with Crippen molar-refractivity contribution >= 4 is 46.8 Å². The average Bonchev–Trinajstić information content (AvgIpc) is 2.78. The number of hydrogen-bond donors (Lipinski definition) is 2. The van der Waals surface area contributed by atoms with Crippen LogP contribution in [0.5, 0.6) is 5.75 Å². The third-order valence-electron chi connectivity index (χ3n) is 4.68. The molecular weight excluding hydrogens is 463 g/mol. The Balaban J connectivity index is 1.87. The van der Waals surface area contributed by atoms with Crippen LogP contribution in [0.2, 0.25) is 10.0 Å². The highest BCUT2D eigenvalue weighted by atomic mass is 35.5. The van der Waals surface area contributed by atoms with Gasteiger partial charge in [0, 0.05) is 16.3 Å². The first kappa shape index (κ1) is 23.9. The van der Waals surface area contributed by atoms with E-state index in [-0.39, 0.29) is 28.5 Å². The van der Waals surface area contributed by atoms with E-state index in [1.54, 1.807) is 24.3 Å². The summed E-state index contributed by atoms with van der Waals surface area (Å²) < 4.78 is 5.85. The van der Waals surface area contributed by atoms with E-state index in [0.717, 1.165) is 5.56 Å². The summed E-state index contributed by atoms with van der Waals surface area (Å²) in [6.45, 7) is 1.93. The topological polar surface area (TPSA) is 99.4 Å². The van der Waals surface area contributed by atoms with Gasteiger partial charge in [-0.25, -0.2) is 4.79 Å². The summed E-state index contributed by atoms with van der Waals surface area (Å²) in [6, 6.07) is 18.3. The standard InChI is InChI=1S/C25H18Cl2N2O4/c1-15-4-2-3-5-22(15)29-24(30)19(13-28)10-18-11-20(26)12-21(27)23(18)33-14-16-6-8-17(9-7-16)25(31)32/h2-12H,14H2,1H3,(H,29,30)(H,31,32)/b19-10+. The first-order valence-corrected chi connectivity index (χ1v) is 10.5. The molecule has 0 saturated heterocycles. The molecule has 166 valence electrons. The number of benzene rings is 3. The Morgan fingerprint density at radius 1 is 1.12 bits per heavy atom. The predicted molar refractivity (Wildman–Crippen MR) is 128 cm³/mol. The van der Waals surface area contributed by atoms with Crippen molar-refractivity contribution in [1.29, 1.82) is 5.26 Å². The average molecular weight is 481 g/mol. The van der Waals surface area contributed by atoms with Gasteiger partial charge in [-0.15, -0.1) is 0 Å². The minimum Gasteiger partial charge on any atom is -0.487 e. The van der Waals surface area contributed by atoms with Crippen molar-refractivity contribution in [2.24, 2.45) is 0 Å². The van der Waals surface area contributed by atoms with Crippen LogP contribution in [0.3, 0.4) is 0 Å². The SMILES string of the molecule is Cc1ccccc1NC(=O)/C(C#N)=C/c1cc(Cl)cc(Cl)c1OCc1ccc(C(=O)O)cc1. The Labute approximate surface area is 200 Å². The molecule has 0 fully saturated rings. The van der Waals surface area contributed by atoms with E-state index in [2.05, 4.69) is 5.32 Å². The van der Waals surface area contributed by atoms with Gasteiger partial charge in [-0.2, -0.15) is 5.26 Å². The Morgan fingerprint density at radius 3 is 2.45 bits per heavy atom. The number of aryl methyl sites for hydroxylation is 1. The summed E-state index contributed by atoms with van der Waals surface area (Å²) in [6.07, 6.45) is 1.36. The number of anilines is 1. The molecule has 0 atom stereocenters. The molecule has 0 aliphatic rings. The largest absolute Gasteiger partial charge is 0.487 e. The predicted octanol–water partition coefficient (Wildman–Crippen LogP) is 6.12. The van der Waals surface area contributed by atoms with Crippen LogP contribution < -0.4 is 10.1 Å². The summed E-state index contributed by atoms with van der Waals surface area (Å²) in [7, 11) is 0. The van der Waals surface area contributed by atoms with Gasteiger partial charge in [0.15, 0.2) is 0 Å². The fourth-order valence-electron chi connectivity index (χ4n) is 2.95. The van der Waals surface area contributed by atoms with Crippen LogP contribution in [0.15, 0.2) is 66.2 Å². The first-order valence-electron chi connectivity index (χ1n) is 9.71. The number of para-hydroxylation sites is 1. The van der Waals surface area contributed by atoms with E-state index in [1.165, 1.54) is 30.3 Å². The number of rotatable bonds is 7. The van der Waals surface area contributed by atoms with Crippen LogP contribution in [-0.2, 0) is 11.4 Å². The number of carboxylic acid groups (broad SMARTS) is 1. The zero-order chi connectivity index (χ0) is 24.0. The van der Waals surface area contributed by atoms with Crippen molar-refractivity contribution in [3.05, 3.63) is 98.5 Å². The molecule has 0 radical (unpaired) electrons. The van der Waals surface area contributed by atoms with Crippen molar-refractivity contribution in [3.63, 3.8) is 0 Å². The van der Waals surface area contributed by atoms with Gasteiger partial charge in [-0.05, 0) is 54.5 Å². The lowest BCUT2D eigenvalue weighted by atomic mass is 10.1. The first-order chi connectivity index (χ1) is 15.8. The molecule has 6 nitrogen and oxygen atoms in total. The van der Waals surface area contributed by atoms with Crippen molar-refractivity contribution in [1.82, 2.24) is 0 Å². The minimum atomic E-state index is -1.02. The summed E-state index contributed by atoms with van der Waals surface area (Å²) in [4.78, 5) is 23.7. The lowest BCUT2D eigenvalue weighted by Gasteiger charge is -2.13. The van der Waals surface area contributed by atoms with E-state index < -0.39 is 11.9 Å². The highest BCUT2D eigenvalue weighted by Crippen LogP contribution is 2.34. The van der Waals surface area contributed by atoms with Crippen LogP contribution in [0.25, 0.3) is 6.08 Å². The molecule has 0 unspecified atom stereocenters. The van der Waals surface area contributed by atoms with E-state index in [4.69, 9.17) is 33.0 Å². The van der Waals surface area contributed by atoms with Gasteiger partial charge in [0.05, 0.1) is 10.6 Å². The molecule has 0 bridgehead atoms. The summed E-state index contributed by atoms with van der Waals surface area (Å²) >= 11 is 12.5. The van der Waals surface area contributed by atoms with Crippen molar-refractivity contribution in [3.8, 4) is 11.8 Å². The molecule has 1 amide bonds. The highest BCUT2D eigenvalue weighted by Gasteiger charge is 2.15. The number of hydrogen-bond acceptors (Lipinski definition) is 4. The number of nitrogens with one attached hydrogen (secondary N) is 1. The molecule has 0 aliphatic heterocycles. The Hall–Kier alpha value is -3.79. The van der Waals surface area contributed by atoms with E-state index in [1.807, 2.05) is 25.1 Å². The van der Waals surface area contributed by atoms with Crippen molar-refractivity contribution in [2.45, 2.75) is 13.5 Å². The molecule has 0 aromatic heterocycles. The molecule has 3 aromatic carbocycles. The van der Waals surface area contributed by atoms with Gasteiger partial charge in [-0.1, -0.05) is 53.5 Å². The molecule has 33 heavy (non-hydrogen) atoms. The molecule has 0 saturated carbocycles. The molecular formula is C25H18Cl2N2O4. The fraction of sp³-hybridized carbons (Fsp3) is 0.0800. The number of ether oxygens (including phenoxy) is 1. The van der Waals surface area contributed by atoms with Crippen LogP contribution >= 0.6 is 23.2 Å². The number of nitrogens with zero attached hydrogens (tertiary/aromatic N) is 1. The zero-order valence-corrected chi connectivity index (χ0v) is 18.9. The number of amides is 1. The Morgan fingerprint density at radius 2 is 1.82 bits per heavy atom. The monoisotopic (exact) mass is 480 g/mol. The molecule has 3 aromatic rings. The molecule has 2 N–H and O–H groups in total. The smallest absolute Gasteiger partial charge is 0.335 e. The van der Waals surface area contributed by atoms with Crippen molar-refractivity contribution < 1.29 is 19.4 Å². The third kappa shape index (κ3) is 6.13. The maximum Gasteiger partial charge on any atom is 0.335 e. The van der Waals surface area contributed by atoms with Crippen LogP contribution in [0, 0.1) is 18.3 Å². The molecule has 0 heterocycles. The van der Waals surface area contributed by atoms with Crippen LogP contribution in [0.4, 0.5) is 5.69 Å².